The quantitative estimate of drug-likeness (QED) is 0.807. The van der Waals surface area contributed by atoms with Gasteiger partial charge in [0.25, 0.3) is 0 Å². The lowest BCUT2D eigenvalue weighted by molar-refractivity contribution is 0.480. The van der Waals surface area contributed by atoms with Gasteiger partial charge in [-0.25, -0.2) is 4.39 Å². The lowest BCUT2D eigenvalue weighted by Crippen LogP contribution is -2.23. The SMILES string of the molecule is CNCC(Cc1cccc(Cl)c1)Cc1cc(Cl)ccc1F. The fourth-order valence-electron chi connectivity index (χ4n) is 2.51. The molecule has 0 amide bonds. The predicted octanol–water partition coefficient (Wildman–Crippen LogP) is 4.75. The summed E-state index contributed by atoms with van der Waals surface area (Å²) < 4.78 is 13.9. The number of rotatable bonds is 6. The molecule has 0 fully saturated rings. The molecule has 0 spiro atoms. The first kappa shape index (κ1) is 16.3. The molecule has 0 heterocycles. The largest absolute Gasteiger partial charge is 0.319 e. The summed E-state index contributed by atoms with van der Waals surface area (Å²) in [5, 5.41) is 4.46. The minimum absolute atomic E-state index is 0.202. The van der Waals surface area contributed by atoms with Crippen molar-refractivity contribution in [3.05, 3.63) is 69.5 Å². The van der Waals surface area contributed by atoms with Crippen LogP contribution in [-0.2, 0) is 12.8 Å². The molecular weight excluding hydrogens is 308 g/mol. The van der Waals surface area contributed by atoms with Crippen molar-refractivity contribution >= 4 is 23.2 Å². The van der Waals surface area contributed by atoms with Crippen LogP contribution in [-0.4, -0.2) is 13.6 Å². The number of hydrogen-bond donors (Lipinski definition) is 1. The van der Waals surface area contributed by atoms with Gasteiger partial charge in [0.05, 0.1) is 0 Å². The van der Waals surface area contributed by atoms with Gasteiger partial charge >= 0.3 is 0 Å². The molecule has 0 aliphatic heterocycles. The molecule has 21 heavy (non-hydrogen) atoms. The van der Waals surface area contributed by atoms with Gasteiger partial charge in [0.2, 0.25) is 0 Å². The van der Waals surface area contributed by atoms with E-state index in [1.54, 1.807) is 12.1 Å². The summed E-state index contributed by atoms with van der Waals surface area (Å²) in [6.45, 7) is 0.804. The zero-order chi connectivity index (χ0) is 15.2. The van der Waals surface area contributed by atoms with E-state index in [1.807, 2.05) is 31.3 Å². The minimum Gasteiger partial charge on any atom is -0.319 e. The monoisotopic (exact) mass is 325 g/mol. The standard InChI is InChI=1S/C17H18Cl2FN/c1-21-11-13(7-12-3-2-4-15(18)9-12)8-14-10-16(19)5-6-17(14)20/h2-6,9-10,13,21H,7-8,11H2,1H3. The van der Waals surface area contributed by atoms with Crippen LogP contribution in [0, 0.1) is 11.7 Å². The van der Waals surface area contributed by atoms with E-state index in [0.29, 0.717) is 17.0 Å². The highest BCUT2D eigenvalue weighted by Gasteiger charge is 2.13. The molecule has 0 aliphatic carbocycles. The van der Waals surface area contributed by atoms with Gasteiger partial charge in [-0.1, -0.05) is 35.3 Å². The normalized spacial score (nSPS) is 12.4. The molecule has 0 bridgehead atoms. The smallest absolute Gasteiger partial charge is 0.126 e. The minimum atomic E-state index is -0.202. The maximum absolute atomic E-state index is 13.9. The zero-order valence-corrected chi connectivity index (χ0v) is 13.4. The van der Waals surface area contributed by atoms with Crippen molar-refractivity contribution in [3.63, 3.8) is 0 Å². The highest BCUT2D eigenvalue weighted by molar-refractivity contribution is 6.30. The molecule has 0 aromatic heterocycles. The van der Waals surface area contributed by atoms with Crippen molar-refractivity contribution in [1.82, 2.24) is 5.32 Å². The van der Waals surface area contributed by atoms with E-state index >= 15 is 0 Å². The van der Waals surface area contributed by atoms with E-state index in [-0.39, 0.29) is 11.7 Å². The van der Waals surface area contributed by atoms with Crippen LogP contribution in [0.15, 0.2) is 42.5 Å². The van der Waals surface area contributed by atoms with Crippen LogP contribution >= 0.6 is 23.2 Å². The highest BCUT2D eigenvalue weighted by Crippen LogP contribution is 2.21. The van der Waals surface area contributed by atoms with Crippen LogP contribution in [0.5, 0.6) is 0 Å². The first-order chi connectivity index (χ1) is 10.1. The van der Waals surface area contributed by atoms with E-state index in [2.05, 4.69) is 5.32 Å². The Morgan fingerprint density at radius 2 is 1.81 bits per heavy atom. The summed E-state index contributed by atoms with van der Waals surface area (Å²) in [5.41, 5.74) is 1.81. The van der Waals surface area contributed by atoms with Crippen LogP contribution in [0.1, 0.15) is 11.1 Å². The van der Waals surface area contributed by atoms with Crippen LogP contribution in [0.25, 0.3) is 0 Å². The van der Waals surface area contributed by atoms with E-state index in [0.717, 1.165) is 23.6 Å². The highest BCUT2D eigenvalue weighted by atomic mass is 35.5. The summed E-state index contributed by atoms with van der Waals surface area (Å²) in [6, 6.07) is 12.5. The van der Waals surface area contributed by atoms with E-state index in [9.17, 15) is 4.39 Å². The van der Waals surface area contributed by atoms with Crippen molar-refractivity contribution in [2.45, 2.75) is 12.8 Å². The molecule has 4 heteroatoms. The summed E-state index contributed by atoms with van der Waals surface area (Å²) in [7, 11) is 1.90. The molecule has 1 N–H and O–H groups in total. The van der Waals surface area contributed by atoms with E-state index in [4.69, 9.17) is 23.2 Å². The maximum atomic E-state index is 13.9. The Hall–Kier alpha value is -1.09. The fraction of sp³-hybridized carbons (Fsp3) is 0.294. The van der Waals surface area contributed by atoms with Crippen LogP contribution in [0.4, 0.5) is 4.39 Å². The molecular formula is C17H18Cl2FN. The van der Waals surface area contributed by atoms with Crippen LogP contribution < -0.4 is 5.32 Å². The van der Waals surface area contributed by atoms with Gasteiger partial charge in [-0.05, 0) is 73.8 Å². The molecule has 2 rings (SSSR count). The number of benzene rings is 2. The average molecular weight is 326 g/mol. The third kappa shape index (κ3) is 4.99. The van der Waals surface area contributed by atoms with Gasteiger partial charge in [0, 0.05) is 10.0 Å². The summed E-state index contributed by atoms with van der Waals surface area (Å²) in [5.74, 6) is 0.0769. The van der Waals surface area contributed by atoms with Gasteiger partial charge in [-0.2, -0.15) is 0 Å². The Labute approximate surface area is 135 Å². The van der Waals surface area contributed by atoms with Crippen molar-refractivity contribution in [1.29, 1.82) is 0 Å². The zero-order valence-electron chi connectivity index (χ0n) is 11.9. The molecule has 1 atom stereocenters. The number of nitrogens with one attached hydrogen (secondary N) is 1. The molecule has 1 nitrogen and oxygen atoms in total. The van der Waals surface area contributed by atoms with Crippen LogP contribution in [0.2, 0.25) is 10.0 Å². The molecule has 0 saturated heterocycles. The molecule has 2 aromatic rings. The lowest BCUT2D eigenvalue weighted by Gasteiger charge is -2.17. The summed E-state index contributed by atoms with van der Waals surface area (Å²) in [4.78, 5) is 0. The number of halogens is 3. The molecule has 0 saturated carbocycles. The van der Waals surface area contributed by atoms with E-state index < -0.39 is 0 Å². The second-order valence-electron chi connectivity index (χ2n) is 5.20. The number of hydrogen-bond acceptors (Lipinski definition) is 1. The van der Waals surface area contributed by atoms with Gasteiger partial charge in [0.1, 0.15) is 5.82 Å². The molecule has 112 valence electrons. The topological polar surface area (TPSA) is 12.0 Å². The Kier molecular flexibility index (Phi) is 6.04. The first-order valence-electron chi connectivity index (χ1n) is 6.91. The van der Waals surface area contributed by atoms with E-state index in [1.165, 1.54) is 6.07 Å². The first-order valence-corrected chi connectivity index (χ1v) is 7.67. The van der Waals surface area contributed by atoms with Crippen LogP contribution in [0.3, 0.4) is 0 Å². The van der Waals surface area contributed by atoms with Crippen molar-refractivity contribution in [2.75, 3.05) is 13.6 Å². The predicted molar refractivity (Wildman–Crippen MR) is 87.7 cm³/mol. The van der Waals surface area contributed by atoms with Gasteiger partial charge in [-0.3, -0.25) is 0 Å². The summed E-state index contributed by atoms with van der Waals surface area (Å²) in [6.07, 6.45) is 1.48. The lowest BCUT2D eigenvalue weighted by atomic mass is 9.92. The molecule has 2 aromatic carbocycles. The molecule has 1 unspecified atom stereocenters. The Morgan fingerprint density at radius 1 is 1.05 bits per heavy atom. The molecule has 0 aliphatic rings. The van der Waals surface area contributed by atoms with Crippen molar-refractivity contribution in [3.8, 4) is 0 Å². The van der Waals surface area contributed by atoms with Gasteiger partial charge in [-0.15, -0.1) is 0 Å². The Bertz CT molecular complexity index is 601. The van der Waals surface area contributed by atoms with Crippen molar-refractivity contribution < 1.29 is 4.39 Å². The Morgan fingerprint density at radius 3 is 2.52 bits per heavy atom. The third-order valence-electron chi connectivity index (χ3n) is 3.42. The Balaban J connectivity index is 2.13. The third-order valence-corrected chi connectivity index (χ3v) is 3.89. The van der Waals surface area contributed by atoms with Gasteiger partial charge in [0.15, 0.2) is 0 Å². The summed E-state index contributed by atoms with van der Waals surface area (Å²) >= 11 is 12.0. The van der Waals surface area contributed by atoms with Gasteiger partial charge < -0.3 is 5.32 Å². The molecule has 0 radical (unpaired) electrons. The second kappa shape index (κ2) is 7.79. The maximum Gasteiger partial charge on any atom is 0.126 e. The average Bonchev–Trinajstić information content (AvgIpc) is 2.43. The second-order valence-corrected chi connectivity index (χ2v) is 6.07. The fourth-order valence-corrected chi connectivity index (χ4v) is 2.92. The van der Waals surface area contributed by atoms with Crippen molar-refractivity contribution in [2.24, 2.45) is 5.92 Å².